The summed E-state index contributed by atoms with van der Waals surface area (Å²) in [6.07, 6.45) is 6.01. The van der Waals surface area contributed by atoms with Crippen molar-refractivity contribution in [1.29, 1.82) is 0 Å². The van der Waals surface area contributed by atoms with E-state index in [9.17, 15) is 4.79 Å². The summed E-state index contributed by atoms with van der Waals surface area (Å²) in [6, 6.07) is 1.57. The van der Waals surface area contributed by atoms with Crippen molar-refractivity contribution in [3.05, 3.63) is 30.0 Å². The van der Waals surface area contributed by atoms with E-state index < -0.39 is 0 Å². The topological polar surface area (TPSA) is 76.8 Å². The van der Waals surface area contributed by atoms with E-state index in [0.717, 1.165) is 11.5 Å². The van der Waals surface area contributed by atoms with Crippen LogP contribution in [0.4, 0.5) is 10.6 Å². The van der Waals surface area contributed by atoms with E-state index >= 15 is 0 Å². The molecule has 0 aliphatic heterocycles. The molecule has 2 N–H and O–H groups in total. The van der Waals surface area contributed by atoms with Crippen LogP contribution in [0.25, 0.3) is 0 Å². The number of rotatable bonds is 5. The number of aromatic nitrogens is 4. The van der Waals surface area contributed by atoms with Crippen molar-refractivity contribution in [2.75, 3.05) is 5.32 Å². The Balaban J connectivity index is 1.69. The highest BCUT2D eigenvalue weighted by molar-refractivity contribution is 5.88. The van der Waals surface area contributed by atoms with Crippen LogP contribution in [-0.2, 0) is 14.1 Å². The molecule has 0 saturated heterocycles. The average Bonchev–Trinajstić information content (AvgIpc) is 3.16. The second-order valence-electron chi connectivity index (χ2n) is 6.57. The van der Waals surface area contributed by atoms with Crippen molar-refractivity contribution < 1.29 is 4.79 Å². The molecule has 0 aromatic carbocycles. The molecule has 2 aromatic rings. The summed E-state index contributed by atoms with van der Waals surface area (Å²) in [5, 5.41) is 10.4. The van der Waals surface area contributed by atoms with Gasteiger partial charge < -0.3 is 9.88 Å². The van der Waals surface area contributed by atoms with E-state index in [1.54, 1.807) is 10.9 Å². The van der Waals surface area contributed by atoms with Gasteiger partial charge in [0.15, 0.2) is 0 Å². The lowest BCUT2D eigenvalue weighted by Gasteiger charge is -2.22. The molecule has 1 saturated carbocycles. The number of imidazole rings is 1. The van der Waals surface area contributed by atoms with Crippen molar-refractivity contribution in [2.45, 2.75) is 38.6 Å². The van der Waals surface area contributed by atoms with E-state index in [1.807, 2.05) is 30.9 Å². The number of aryl methyl sites for hydroxylation is 2. The minimum Gasteiger partial charge on any atom is -0.336 e. The lowest BCUT2D eigenvalue weighted by Crippen LogP contribution is -2.36. The molecule has 1 aliphatic carbocycles. The number of nitrogens with zero attached hydrogens (tertiary/aromatic N) is 4. The molecule has 1 atom stereocenters. The van der Waals surface area contributed by atoms with Crippen LogP contribution in [-0.4, -0.2) is 25.4 Å². The number of nitrogens with one attached hydrogen (secondary N) is 2. The SMILES string of the molecule is CC(C)[C@@H](NC(=O)Nc1cc(C2CC2)nn1C)c1nccn1C. The average molecular weight is 316 g/mol. The minimum absolute atomic E-state index is 0.147. The molecule has 2 aromatic heterocycles. The number of hydrogen-bond donors (Lipinski definition) is 2. The first-order chi connectivity index (χ1) is 11.0. The predicted molar refractivity (Wildman–Crippen MR) is 88.1 cm³/mol. The quantitative estimate of drug-likeness (QED) is 0.890. The monoisotopic (exact) mass is 316 g/mol. The summed E-state index contributed by atoms with van der Waals surface area (Å²) in [6.45, 7) is 4.13. The third-order valence-corrected chi connectivity index (χ3v) is 4.23. The highest BCUT2D eigenvalue weighted by Crippen LogP contribution is 2.39. The van der Waals surface area contributed by atoms with Crippen molar-refractivity contribution in [1.82, 2.24) is 24.6 Å². The van der Waals surface area contributed by atoms with Crippen LogP contribution >= 0.6 is 0 Å². The Bertz CT molecular complexity index is 697. The summed E-state index contributed by atoms with van der Waals surface area (Å²) >= 11 is 0. The van der Waals surface area contributed by atoms with Gasteiger partial charge in [0.2, 0.25) is 0 Å². The van der Waals surface area contributed by atoms with Gasteiger partial charge in [-0.05, 0) is 18.8 Å². The van der Waals surface area contributed by atoms with Gasteiger partial charge in [0.05, 0.1) is 11.7 Å². The van der Waals surface area contributed by atoms with Crippen LogP contribution in [0.5, 0.6) is 0 Å². The molecule has 124 valence electrons. The maximum Gasteiger partial charge on any atom is 0.320 e. The van der Waals surface area contributed by atoms with Crippen molar-refractivity contribution in [3.63, 3.8) is 0 Å². The maximum absolute atomic E-state index is 12.4. The van der Waals surface area contributed by atoms with Gasteiger partial charge in [-0.3, -0.25) is 10.00 Å². The fourth-order valence-electron chi connectivity index (χ4n) is 2.68. The summed E-state index contributed by atoms with van der Waals surface area (Å²) in [4.78, 5) is 16.7. The van der Waals surface area contributed by atoms with Crippen LogP contribution in [0.2, 0.25) is 0 Å². The van der Waals surface area contributed by atoms with Crippen LogP contribution in [0.1, 0.15) is 50.2 Å². The molecule has 3 rings (SSSR count). The summed E-state index contributed by atoms with van der Waals surface area (Å²) in [5.41, 5.74) is 1.06. The van der Waals surface area contributed by atoms with Gasteiger partial charge in [0, 0.05) is 38.5 Å². The number of carbonyl (C=O) groups is 1. The van der Waals surface area contributed by atoms with Crippen LogP contribution in [0.15, 0.2) is 18.5 Å². The molecule has 0 spiro atoms. The van der Waals surface area contributed by atoms with E-state index in [-0.39, 0.29) is 18.0 Å². The second-order valence-corrected chi connectivity index (χ2v) is 6.57. The number of anilines is 1. The van der Waals surface area contributed by atoms with Gasteiger partial charge in [0.1, 0.15) is 11.6 Å². The highest BCUT2D eigenvalue weighted by Gasteiger charge is 2.27. The van der Waals surface area contributed by atoms with Crippen molar-refractivity contribution in [2.24, 2.45) is 20.0 Å². The molecule has 7 nitrogen and oxygen atoms in total. The molecular formula is C16H24N6O. The van der Waals surface area contributed by atoms with E-state index in [1.165, 1.54) is 12.8 Å². The zero-order valence-corrected chi connectivity index (χ0v) is 14.1. The largest absolute Gasteiger partial charge is 0.336 e. The van der Waals surface area contributed by atoms with Crippen molar-refractivity contribution in [3.8, 4) is 0 Å². The number of amides is 2. The minimum atomic E-state index is -0.239. The molecule has 2 heterocycles. The molecule has 1 aliphatic rings. The van der Waals surface area contributed by atoms with Crippen molar-refractivity contribution >= 4 is 11.8 Å². The normalized spacial score (nSPS) is 15.7. The maximum atomic E-state index is 12.4. The van der Waals surface area contributed by atoms with Gasteiger partial charge in [-0.15, -0.1) is 0 Å². The Kier molecular flexibility index (Phi) is 4.11. The van der Waals surface area contributed by atoms with E-state index in [4.69, 9.17) is 0 Å². The standard InChI is InChI=1S/C16H24N6O/c1-10(2)14(15-17-7-8-21(15)3)19-16(23)18-13-9-12(11-5-6-11)20-22(13)4/h7-11,14H,5-6H2,1-4H3,(H2,18,19,23)/t14-/m1/s1. The smallest absolute Gasteiger partial charge is 0.320 e. The lowest BCUT2D eigenvalue weighted by atomic mass is 10.0. The van der Waals surface area contributed by atoms with Gasteiger partial charge in [-0.1, -0.05) is 13.8 Å². The zero-order chi connectivity index (χ0) is 16.6. The fraction of sp³-hybridized carbons (Fsp3) is 0.562. The zero-order valence-electron chi connectivity index (χ0n) is 14.1. The highest BCUT2D eigenvalue weighted by atomic mass is 16.2. The third kappa shape index (κ3) is 3.38. The van der Waals surface area contributed by atoms with Gasteiger partial charge >= 0.3 is 6.03 Å². The first-order valence-corrected chi connectivity index (χ1v) is 8.04. The Morgan fingerprint density at radius 3 is 2.65 bits per heavy atom. The molecule has 0 unspecified atom stereocenters. The van der Waals surface area contributed by atoms with E-state index in [2.05, 4.69) is 34.6 Å². The summed E-state index contributed by atoms with van der Waals surface area (Å²) in [5.74, 6) is 2.36. The third-order valence-electron chi connectivity index (χ3n) is 4.23. The van der Waals surface area contributed by atoms with Crippen LogP contribution in [0, 0.1) is 5.92 Å². The van der Waals surface area contributed by atoms with Crippen LogP contribution in [0.3, 0.4) is 0 Å². The molecule has 23 heavy (non-hydrogen) atoms. The van der Waals surface area contributed by atoms with Gasteiger partial charge in [-0.25, -0.2) is 9.78 Å². The summed E-state index contributed by atoms with van der Waals surface area (Å²) in [7, 11) is 3.78. The molecule has 1 fully saturated rings. The Labute approximate surface area is 136 Å². The molecule has 7 heteroatoms. The first-order valence-electron chi connectivity index (χ1n) is 8.04. The Morgan fingerprint density at radius 1 is 1.35 bits per heavy atom. The Hall–Kier alpha value is -2.31. The number of hydrogen-bond acceptors (Lipinski definition) is 3. The molecule has 0 radical (unpaired) electrons. The first kappa shape index (κ1) is 15.6. The molecule has 0 bridgehead atoms. The fourth-order valence-corrected chi connectivity index (χ4v) is 2.68. The Morgan fingerprint density at radius 2 is 2.09 bits per heavy atom. The predicted octanol–water partition coefficient (Wildman–Crippen LogP) is 2.55. The lowest BCUT2D eigenvalue weighted by molar-refractivity contribution is 0.243. The number of carbonyl (C=O) groups excluding carboxylic acids is 1. The molecular weight excluding hydrogens is 292 g/mol. The van der Waals surface area contributed by atoms with Crippen LogP contribution < -0.4 is 10.6 Å². The summed E-state index contributed by atoms with van der Waals surface area (Å²) < 4.78 is 3.65. The second kappa shape index (κ2) is 6.06. The van der Waals surface area contributed by atoms with E-state index in [0.29, 0.717) is 11.7 Å². The van der Waals surface area contributed by atoms with Gasteiger partial charge in [0.25, 0.3) is 0 Å². The molecule has 2 amide bonds. The number of urea groups is 1. The van der Waals surface area contributed by atoms with Gasteiger partial charge in [-0.2, -0.15) is 5.10 Å².